The molecule has 0 radical (unpaired) electrons. The highest BCUT2D eigenvalue weighted by atomic mass is 16.4. The average Bonchev–Trinajstić information content (AvgIpc) is 2.72. The van der Waals surface area contributed by atoms with E-state index in [0.717, 1.165) is 0 Å². The molecule has 0 saturated carbocycles. The zero-order chi connectivity index (χ0) is 13.5. The summed E-state index contributed by atoms with van der Waals surface area (Å²) in [6.07, 6.45) is 4.51. The van der Waals surface area contributed by atoms with Gasteiger partial charge in [-0.25, -0.2) is 4.79 Å². The minimum atomic E-state index is -0.988. The van der Waals surface area contributed by atoms with Gasteiger partial charge in [-0.05, 0) is 6.92 Å². The lowest BCUT2D eigenvalue weighted by atomic mass is 10.5. The number of amides is 2. The van der Waals surface area contributed by atoms with Crippen molar-refractivity contribution in [2.24, 2.45) is 0 Å². The molecule has 2 amide bonds. The van der Waals surface area contributed by atoms with E-state index in [-0.39, 0.29) is 12.6 Å². The van der Waals surface area contributed by atoms with Crippen molar-refractivity contribution < 1.29 is 14.7 Å². The number of aromatic nitrogens is 2. The third-order valence-corrected chi connectivity index (χ3v) is 2.20. The first-order valence-electron chi connectivity index (χ1n) is 5.48. The van der Waals surface area contributed by atoms with E-state index in [1.165, 1.54) is 17.1 Å². The summed E-state index contributed by atoms with van der Waals surface area (Å²) in [6, 6.07) is -0.271. The molecule has 1 heterocycles. The van der Waals surface area contributed by atoms with E-state index < -0.39 is 5.97 Å². The van der Waals surface area contributed by atoms with E-state index in [0.29, 0.717) is 18.8 Å². The standard InChI is InChI=1S/C11H16N4O3/c1-3-5-14(4-2)11(18)13-9-6-12-15(7-9)8-10(16)17/h3,6-7H,1,4-5,8H2,2H3,(H,13,18)(H,16,17). The Hall–Kier alpha value is -2.31. The molecule has 0 spiro atoms. The van der Waals surface area contributed by atoms with E-state index in [1.54, 1.807) is 11.0 Å². The molecule has 18 heavy (non-hydrogen) atoms. The zero-order valence-electron chi connectivity index (χ0n) is 10.2. The first-order chi connectivity index (χ1) is 8.56. The van der Waals surface area contributed by atoms with Gasteiger partial charge in [0.2, 0.25) is 0 Å². The Kier molecular flexibility index (Phi) is 4.91. The maximum Gasteiger partial charge on any atom is 0.325 e. The van der Waals surface area contributed by atoms with Crippen LogP contribution in [0, 0.1) is 0 Å². The van der Waals surface area contributed by atoms with Gasteiger partial charge in [0.15, 0.2) is 0 Å². The SMILES string of the molecule is C=CCN(CC)C(=O)Nc1cnn(CC(=O)O)c1. The Morgan fingerprint density at radius 2 is 2.39 bits per heavy atom. The Labute approximate surface area is 105 Å². The molecule has 0 saturated heterocycles. The van der Waals surface area contributed by atoms with Crippen LogP contribution < -0.4 is 5.32 Å². The largest absolute Gasteiger partial charge is 0.480 e. The Morgan fingerprint density at radius 1 is 1.67 bits per heavy atom. The van der Waals surface area contributed by atoms with Crippen LogP contribution in [0.5, 0.6) is 0 Å². The first kappa shape index (κ1) is 13.8. The predicted octanol–water partition coefficient (Wildman–Crippen LogP) is 1.01. The summed E-state index contributed by atoms with van der Waals surface area (Å²) >= 11 is 0. The van der Waals surface area contributed by atoms with Gasteiger partial charge in [-0.2, -0.15) is 5.10 Å². The summed E-state index contributed by atoms with van der Waals surface area (Å²) in [6.45, 7) is 6.20. The Bertz CT molecular complexity index is 441. The van der Waals surface area contributed by atoms with Crippen LogP contribution >= 0.6 is 0 Å². The lowest BCUT2D eigenvalue weighted by Gasteiger charge is -2.18. The molecular formula is C11H16N4O3. The Balaban J connectivity index is 2.61. The summed E-state index contributed by atoms with van der Waals surface area (Å²) in [5.74, 6) is -0.988. The zero-order valence-corrected chi connectivity index (χ0v) is 10.2. The third kappa shape index (κ3) is 3.93. The predicted molar refractivity (Wildman–Crippen MR) is 66.3 cm³/mol. The number of carbonyl (C=O) groups is 2. The highest BCUT2D eigenvalue weighted by Gasteiger charge is 2.11. The van der Waals surface area contributed by atoms with Crippen molar-refractivity contribution in [3.63, 3.8) is 0 Å². The van der Waals surface area contributed by atoms with E-state index in [9.17, 15) is 9.59 Å². The van der Waals surface area contributed by atoms with Crippen LogP contribution in [0.25, 0.3) is 0 Å². The molecule has 1 rings (SSSR count). The monoisotopic (exact) mass is 252 g/mol. The highest BCUT2D eigenvalue weighted by Crippen LogP contribution is 2.06. The van der Waals surface area contributed by atoms with Crippen molar-refractivity contribution in [3.8, 4) is 0 Å². The minimum absolute atomic E-state index is 0.236. The molecule has 7 nitrogen and oxygen atoms in total. The maximum atomic E-state index is 11.8. The second-order valence-corrected chi connectivity index (χ2v) is 3.58. The molecule has 0 atom stereocenters. The maximum absolute atomic E-state index is 11.8. The number of hydrogen-bond acceptors (Lipinski definition) is 3. The fourth-order valence-electron chi connectivity index (χ4n) is 1.37. The number of rotatable bonds is 6. The lowest BCUT2D eigenvalue weighted by molar-refractivity contribution is -0.137. The number of hydrogen-bond donors (Lipinski definition) is 2. The summed E-state index contributed by atoms with van der Waals surface area (Å²) in [5.41, 5.74) is 0.462. The van der Waals surface area contributed by atoms with Crippen LogP contribution in [0.4, 0.5) is 10.5 Å². The first-order valence-corrected chi connectivity index (χ1v) is 5.48. The van der Waals surface area contributed by atoms with Gasteiger partial charge >= 0.3 is 12.0 Å². The molecule has 0 aliphatic heterocycles. The molecule has 0 bridgehead atoms. The highest BCUT2D eigenvalue weighted by molar-refractivity contribution is 5.89. The summed E-state index contributed by atoms with van der Waals surface area (Å²) in [4.78, 5) is 23.8. The molecule has 0 aliphatic carbocycles. The summed E-state index contributed by atoms with van der Waals surface area (Å²) in [5, 5.41) is 15.0. The third-order valence-electron chi connectivity index (χ3n) is 2.20. The molecule has 0 fully saturated rings. The van der Waals surface area contributed by atoms with Gasteiger partial charge in [0.1, 0.15) is 6.54 Å². The van der Waals surface area contributed by atoms with Gasteiger partial charge in [-0.1, -0.05) is 6.08 Å². The van der Waals surface area contributed by atoms with Gasteiger partial charge in [-0.3, -0.25) is 9.48 Å². The molecule has 1 aromatic heterocycles. The quantitative estimate of drug-likeness (QED) is 0.739. The normalized spacial score (nSPS) is 9.83. The van der Waals surface area contributed by atoms with Crippen LogP contribution in [0.15, 0.2) is 25.0 Å². The molecule has 7 heteroatoms. The molecular weight excluding hydrogens is 236 g/mol. The van der Waals surface area contributed by atoms with Gasteiger partial charge in [0, 0.05) is 19.3 Å². The number of carbonyl (C=O) groups excluding carboxylic acids is 1. The lowest BCUT2D eigenvalue weighted by Crippen LogP contribution is -2.34. The number of carboxylic acid groups (broad SMARTS) is 1. The van der Waals surface area contributed by atoms with Crippen molar-refractivity contribution in [1.82, 2.24) is 14.7 Å². The van der Waals surface area contributed by atoms with Gasteiger partial charge in [-0.15, -0.1) is 6.58 Å². The van der Waals surface area contributed by atoms with E-state index in [4.69, 9.17) is 5.11 Å². The van der Waals surface area contributed by atoms with E-state index in [2.05, 4.69) is 17.0 Å². The van der Waals surface area contributed by atoms with Crippen molar-refractivity contribution in [2.45, 2.75) is 13.5 Å². The van der Waals surface area contributed by atoms with Gasteiger partial charge in [0.05, 0.1) is 11.9 Å². The van der Waals surface area contributed by atoms with Crippen LogP contribution in [0.3, 0.4) is 0 Å². The smallest absolute Gasteiger partial charge is 0.325 e. The van der Waals surface area contributed by atoms with Crippen LogP contribution in [-0.2, 0) is 11.3 Å². The van der Waals surface area contributed by atoms with E-state index >= 15 is 0 Å². The number of likely N-dealkylation sites (N-methyl/N-ethyl adjacent to an activating group) is 1. The molecule has 0 unspecified atom stereocenters. The molecule has 0 aliphatic rings. The molecule has 0 aromatic carbocycles. The summed E-state index contributed by atoms with van der Waals surface area (Å²) < 4.78 is 1.24. The van der Waals surface area contributed by atoms with E-state index in [1.807, 2.05) is 6.92 Å². The van der Waals surface area contributed by atoms with Crippen LogP contribution in [-0.4, -0.2) is 44.9 Å². The second kappa shape index (κ2) is 6.43. The topological polar surface area (TPSA) is 87.5 Å². The van der Waals surface area contributed by atoms with Crippen molar-refractivity contribution in [2.75, 3.05) is 18.4 Å². The number of nitrogens with zero attached hydrogens (tertiary/aromatic N) is 3. The fraction of sp³-hybridized carbons (Fsp3) is 0.364. The van der Waals surface area contributed by atoms with Crippen molar-refractivity contribution in [1.29, 1.82) is 0 Å². The number of anilines is 1. The van der Waals surface area contributed by atoms with Gasteiger partial charge < -0.3 is 15.3 Å². The Morgan fingerprint density at radius 3 is 2.94 bits per heavy atom. The van der Waals surface area contributed by atoms with Crippen LogP contribution in [0.1, 0.15) is 6.92 Å². The second-order valence-electron chi connectivity index (χ2n) is 3.58. The van der Waals surface area contributed by atoms with Crippen molar-refractivity contribution in [3.05, 3.63) is 25.0 Å². The van der Waals surface area contributed by atoms with Gasteiger partial charge in [0.25, 0.3) is 0 Å². The minimum Gasteiger partial charge on any atom is -0.480 e. The average molecular weight is 252 g/mol. The number of nitrogens with one attached hydrogen (secondary N) is 1. The summed E-state index contributed by atoms with van der Waals surface area (Å²) in [7, 11) is 0. The molecule has 98 valence electrons. The number of carboxylic acids is 1. The van der Waals surface area contributed by atoms with Crippen molar-refractivity contribution >= 4 is 17.7 Å². The fourth-order valence-corrected chi connectivity index (χ4v) is 1.37. The number of aliphatic carboxylic acids is 1. The molecule has 1 aromatic rings. The van der Waals surface area contributed by atoms with Crippen LogP contribution in [0.2, 0.25) is 0 Å². The number of urea groups is 1. The molecule has 2 N–H and O–H groups in total.